The van der Waals surface area contributed by atoms with E-state index in [4.69, 9.17) is 9.47 Å². The number of hydrogen-bond acceptors (Lipinski definition) is 6. The second-order valence-corrected chi connectivity index (χ2v) is 11.9. The average Bonchev–Trinajstić information content (AvgIpc) is 3.05. The lowest BCUT2D eigenvalue weighted by atomic mass is 9.70. The van der Waals surface area contributed by atoms with E-state index in [1.54, 1.807) is 4.90 Å². The largest absolute Gasteiger partial charge is 0.493 e. The number of ether oxygens (including phenoxy) is 2. The number of piperidine rings is 1. The third-order valence-corrected chi connectivity index (χ3v) is 8.77. The summed E-state index contributed by atoms with van der Waals surface area (Å²) in [7, 11) is 3.65. The number of aliphatic hydroxyl groups is 1. The van der Waals surface area contributed by atoms with Gasteiger partial charge in [-0.2, -0.15) is 0 Å². The van der Waals surface area contributed by atoms with Crippen LogP contribution in [0.1, 0.15) is 68.6 Å². The summed E-state index contributed by atoms with van der Waals surface area (Å²) in [6, 6.07) is 28.0. The third kappa shape index (κ3) is 8.07. The summed E-state index contributed by atoms with van der Waals surface area (Å²) in [5.74, 6) is 0.635. The molecule has 0 aliphatic carbocycles. The van der Waals surface area contributed by atoms with Crippen LogP contribution in [0.2, 0.25) is 0 Å². The van der Waals surface area contributed by atoms with E-state index in [9.17, 15) is 14.7 Å². The summed E-state index contributed by atoms with van der Waals surface area (Å²) in [5.41, 5.74) is 1.02. The van der Waals surface area contributed by atoms with E-state index in [0.29, 0.717) is 52.0 Å². The lowest BCUT2D eigenvalue weighted by Crippen LogP contribution is -2.49. The SMILES string of the molecule is CCOC(=O)CCCCCOc1ccccc1C1(O)CCN(CCC(C(=O)N(C)C)(c2ccccc2)c2ccccc2)CC1. The number of likely N-dealkylation sites (N-methyl/N-ethyl adjacent to an activating group) is 1. The Kier molecular flexibility index (Phi) is 12.0. The maximum absolute atomic E-state index is 14.0. The van der Waals surface area contributed by atoms with Crippen LogP contribution in [0.4, 0.5) is 0 Å². The van der Waals surface area contributed by atoms with Crippen LogP contribution < -0.4 is 4.74 Å². The van der Waals surface area contributed by atoms with E-state index >= 15 is 0 Å². The van der Waals surface area contributed by atoms with Crippen LogP contribution in [-0.2, 0) is 25.3 Å². The van der Waals surface area contributed by atoms with Crippen molar-refractivity contribution >= 4 is 11.9 Å². The zero-order valence-electron chi connectivity index (χ0n) is 26.5. The number of para-hydroxylation sites is 1. The fraction of sp³-hybridized carbons (Fsp3) is 0.459. The number of likely N-dealkylation sites (tertiary alicyclic amines) is 1. The molecule has 1 heterocycles. The lowest BCUT2D eigenvalue weighted by molar-refractivity contribution is -0.143. The Morgan fingerprint density at radius 2 is 1.45 bits per heavy atom. The van der Waals surface area contributed by atoms with Crippen LogP contribution >= 0.6 is 0 Å². The molecule has 0 atom stereocenters. The van der Waals surface area contributed by atoms with Gasteiger partial charge >= 0.3 is 5.97 Å². The minimum Gasteiger partial charge on any atom is -0.493 e. The first-order valence-electron chi connectivity index (χ1n) is 16.0. The molecular formula is C37H48N2O5. The number of carbonyl (C=O) groups is 2. The van der Waals surface area contributed by atoms with E-state index < -0.39 is 11.0 Å². The van der Waals surface area contributed by atoms with Gasteiger partial charge in [0.15, 0.2) is 0 Å². The van der Waals surface area contributed by atoms with Gasteiger partial charge < -0.3 is 24.4 Å². The minimum atomic E-state index is -0.980. The summed E-state index contributed by atoms with van der Waals surface area (Å²) in [6.45, 7) is 4.92. The average molecular weight is 601 g/mol. The monoisotopic (exact) mass is 600 g/mol. The Bertz CT molecular complexity index is 1280. The predicted molar refractivity (Wildman–Crippen MR) is 174 cm³/mol. The predicted octanol–water partition coefficient (Wildman–Crippen LogP) is 5.94. The number of amides is 1. The molecule has 3 aromatic rings. The molecule has 1 aliphatic heterocycles. The standard InChI is InChI=1S/C37H48N2O5/c1-4-43-34(40)22-12-7-15-29-44-33-21-14-13-20-32(33)36(42)23-26-39(27-24-36)28-25-37(35(41)38(2)3,30-16-8-5-9-17-30)31-18-10-6-11-19-31/h5-6,8-11,13-14,16-21,42H,4,7,12,15,22-29H2,1-3H3. The van der Waals surface area contributed by atoms with Gasteiger partial charge in [0.2, 0.25) is 5.91 Å². The molecule has 0 saturated carbocycles. The van der Waals surface area contributed by atoms with Gasteiger partial charge in [0.25, 0.3) is 0 Å². The molecule has 1 amide bonds. The van der Waals surface area contributed by atoms with E-state index in [0.717, 1.165) is 48.2 Å². The van der Waals surface area contributed by atoms with Crippen molar-refractivity contribution in [2.45, 2.75) is 62.9 Å². The molecule has 0 unspecified atom stereocenters. The van der Waals surface area contributed by atoms with Gasteiger partial charge in [-0.15, -0.1) is 0 Å². The van der Waals surface area contributed by atoms with Crippen molar-refractivity contribution in [3.63, 3.8) is 0 Å². The fourth-order valence-electron chi connectivity index (χ4n) is 6.32. The summed E-state index contributed by atoms with van der Waals surface area (Å²) in [5, 5.41) is 11.8. The number of hydrogen-bond donors (Lipinski definition) is 1. The third-order valence-electron chi connectivity index (χ3n) is 8.77. The van der Waals surface area contributed by atoms with Crippen molar-refractivity contribution in [1.82, 2.24) is 9.80 Å². The minimum absolute atomic E-state index is 0.0652. The quantitative estimate of drug-likeness (QED) is 0.172. The highest BCUT2D eigenvalue weighted by Crippen LogP contribution is 2.41. The highest BCUT2D eigenvalue weighted by atomic mass is 16.5. The normalized spacial score (nSPS) is 15.0. The van der Waals surface area contributed by atoms with Crippen molar-refractivity contribution in [2.24, 2.45) is 0 Å². The smallest absolute Gasteiger partial charge is 0.305 e. The Labute approximate surface area is 262 Å². The Hall–Kier alpha value is -3.68. The van der Waals surface area contributed by atoms with Gasteiger partial charge in [0.1, 0.15) is 11.2 Å². The topological polar surface area (TPSA) is 79.3 Å². The number of carbonyl (C=O) groups excluding carboxylic acids is 2. The first-order chi connectivity index (χ1) is 21.3. The Morgan fingerprint density at radius 3 is 2.05 bits per heavy atom. The molecule has 44 heavy (non-hydrogen) atoms. The van der Waals surface area contributed by atoms with Crippen LogP contribution in [0.5, 0.6) is 5.75 Å². The molecule has 0 bridgehead atoms. The van der Waals surface area contributed by atoms with Gasteiger partial charge in [-0.3, -0.25) is 9.59 Å². The molecule has 3 aromatic carbocycles. The first kappa shape index (κ1) is 33.2. The van der Waals surface area contributed by atoms with Gasteiger partial charge in [0.05, 0.1) is 18.8 Å². The lowest BCUT2D eigenvalue weighted by Gasteiger charge is -2.41. The summed E-state index contributed by atoms with van der Waals surface area (Å²) in [6.07, 6.45) is 4.71. The summed E-state index contributed by atoms with van der Waals surface area (Å²) in [4.78, 5) is 29.6. The maximum Gasteiger partial charge on any atom is 0.305 e. The molecule has 7 heteroatoms. The Balaban J connectivity index is 1.40. The van der Waals surface area contributed by atoms with Gasteiger partial charge in [-0.1, -0.05) is 78.9 Å². The molecule has 1 N–H and O–H groups in total. The zero-order chi connectivity index (χ0) is 31.4. The molecule has 1 saturated heterocycles. The van der Waals surface area contributed by atoms with Gasteiger partial charge in [0, 0.05) is 39.2 Å². The molecular weight excluding hydrogens is 552 g/mol. The first-order valence-corrected chi connectivity index (χ1v) is 16.0. The van der Waals surface area contributed by atoms with Crippen LogP contribution in [0, 0.1) is 0 Å². The van der Waals surface area contributed by atoms with Crippen LogP contribution in [-0.4, -0.2) is 73.7 Å². The molecule has 7 nitrogen and oxygen atoms in total. The molecule has 0 spiro atoms. The van der Waals surface area contributed by atoms with E-state index in [1.807, 2.05) is 81.7 Å². The molecule has 0 aromatic heterocycles. The number of esters is 1. The van der Waals surface area contributed by atoms with Crippen molar-refractivity contribution in [3.8, 4) is 5.75 Å². The van der Waals surface area contributed by atoms with Crippen molar-refractivity contribution in [2.75, 3.05) is 46.9 Å². The van der Waals surface area contributed by atoms with Crippen molar-refractivity contribution in [1.29, 1.82) is 0 Å². The second-order valence-electron chi connectivity index (χ2n) is 11.9. The van der Waals surface area contributed by atoms with Crippen molar-refractivity contribution in [3.05, 3.63) is 102 Å². The van der Waals surface area contributed by atoms with Crippen LogP contribution in [0.25, 0.3) is 0 Å². The van der Waals surface area contributed by atoms with E-state index in [-0.39, 0.29) is 11.9 Å². The van der Waals surface area contributed by atoms with E-state index in [2.05, 4.69) is 29.2 Å². The maximum atomic E-state index is 14.0. The van der Waals surface area contributed by atoms with E-state index in [1.165, 1.54) is 0 Å². The van der Waals surface area contributed by atoms with Gasteiger partial charge in [-0.05, 0) is 69.2 Å². The molecule has 0 radical (unpaired) electrons. The van der Waals surface area contributed by atoms with Gasteiger partial charge in [-0.25, -0.2) is 0 Å². The number of unbranched alkanes of at least 4 members (excludes halogenated alkanes) is 2. The van der Waals surface area contributed by atoms with Crippen molar-refractivity contribution < 1.29 is 24.2 Å². The number of rotatable bonds is 15. The second kappa shape index (κ2) is 15.9. The molecule has 1 aliphatic rings. The molecule has 236 valence electrons. The molecule has 1 fully saturated rings. The highest BCUT2D eigenvalue weighted by Gasteiger charge is 2.44. The fourth-order valence-corrected chi connectivity index (χ4v) is 6.32. The van der Waals surface area contributed by atoms with Crippen LogP contribution in [0.15, 0.2) is 84.9 Å². The highest BCUT2D eigenvalue weighted by molar-refractivity contribution is 5.92. The zero-order valence-corrected chi connectivity index (χ0v) is 26.5. The Morgan fingerprint density at radius 1 is 0.864 bits per heavy atom. The summed E-state index contributed by atoms with van der Waals surface area (Å²) >= 11 is 0. The number of nitrogens with zero attached hydrogens (tertiary/aromatic N) is 2. The molecule has 4 rings (SSSR count). The number of benzene rings is 3. The van der Waals surface area contributed by atoms with Crippen LogP contribution in [0.3, 0.4) is 0 Å². The summed E-state index contributed by atoms with van der Waals surface area (Å²) < 4.78 is 11.1.